The van der Waals surface area contributed by atoms with Crippen LogP contribution in [0.3, 0.4) is 0 Å². The lowest BCUT2D eigenvalue weighted by molar-refractivity contribution is 0.444. The van der Waals surface area contributed by atoms with E-state index in [1.54, 1.807) is 0 Å². The van der Waals surface area contributed by atoms with Gasteiger partial charge in [-0.1, -0.05) is 18.2 Å². The first-order chi connectivity index (χ1) is 8.36. The minimum Gasteiger partial charge on any atom is -0.254 e. The van der Waals surface area contributed by atoms with Crippen LogP contribution >= 0.6 is 0 Å². The molecule has 0 N–H and O–H groups in total. The molecule has 1 aromatic carbocycles. The number of hydrogen-bond acceptors (Lipinski definition) is 1. The zero-order chi connectivity index (χ0) is 11.1. The van der Waals surface area contributed by atoms with Crippen molar-refractivity contribution in [2.75, 3.05) is 0 Å². The molecule has 6 rings (SSSR count). The SMILES string of the molecule is O=S(c1ccccc1)[C@H]1CC2C3CC4C2C4C31. The summed E-state index contributed by atoms with van der Waals surface area (Å²) in [5, 5.41) is 0.487. The third kappa shape index (κ3) is 0.965. The minimum atomic E-state index is -0.746. The standard InChI is InChI=1S/C15H16OS/c16-17(8-4-2-1-3-5-8)12-7-10-9-6-11-13(10)15(11)14(9)12/h1-5,9-15H,6-7H2/t9?,10?,11?,12-,13?,14?,15?,17?/m0/s1. The van der Waals surface area contributed by atoms with Gasteiger partial charge in [0.1, 0.15) is 0 Å². The fraction of sp³-hybridized carbons (Fsp3) is 0.600. The maximum Gasteiger partial charge on any atom is 0.0563 e. The molecule has 8 atom stereocenters. The van der Waals surface area contributed by atoms with E-state index in [9.17, 15) is 4.21 Å². The highest BCUT2D eigenvalue weighted by atomic mass is 32.2. The van der Waals surface area contributed by atoms with Gasteiger partial charge in [0.2, 0.25) is 0 Å². The van der Waals surface area contributed by atoms with Gasteiger partial charge >= 0.3 is 0 Å². The summed E-state index contributed by atoms with van der Waals surface area (Å²) in [7, 11) is -0.746. The highest BCUT2D eigenvalue weighted by molar-refractivity contribution is 7.85. The van der Waals surface area contributed by atoms with Crippen LogP contribution in [0.15, 0.2) is 35.2 Å². The van der Waals surface area contributed by atoms with Crippen molar-refractivity contribution in [3.63, 3.8) is 0 Å². The molecule has 88 valence electrons. The maximum absolute atomic E-state index is 12.7. The second-order valence-electron chi connectivity index (χ2n) is 6.34. The molecule has 0 radical (unpaired) electrons. The summed E-state index contributed by atoms with van der Waals surface area (Å²) in [4.78, 5) is 1.06. The highest BCUT2D eigenvalue weighted by Gasteiger charge is 2.78. The summed E-state index contributed by atoms with van der Waals surface area (Å²) >= 11 is 0. The first kappa shape index (κ1) is 9.32. The molecule has 0 heterocycles. The van der Waals surface area contributed by atoms with E-state index in [0.29, 0.717) is 5.25 Å². The van der Waals surface area contributed by atoms with Crippen molar-refractivity contribution in [1.82, 2.24) is 0 Å². The topological polar surface area (TPSA) is 17.1 Å². The van der Waals surface area contributed by atoms with Crippen molar-refractivity contribution in [3.05, 3.63) is 30.3 Å². The summed E-state index contributed by atoms with van der Waals surface area (Å²) in [6, 6.07) is 10.1. The van der Waals surface area contributed by atoms with Crippen molar-refractivity contribution in [2.45, 2.75) is 23.0 Å². The Balaban J connectivity index is 1.50. The van der Waals surface area contributed by atoms with Crippen LogP contribution in [-0.2, 0) is 10.8 Å². The fourth-order valence-electron chi connectivity index (χ4n) is 5.63. The Hall–Kier alpha value is -0.630. The molecule has 5 fully saturated rings. The lowest BCUT2D eigenvalue weighted by atomic mass is 10.0. The summed E-state index contributed by atoms with van der Waals surface area (Å²) in [5.74, 6) is 5.90. The van der Waals surface area contributed by atoms with Crippen LogP contribution in [0.25, 0.3) is 0 Å². The molecule has 1 nitrogen and oxygen atoms in total. The first-order valence-corrected chi connectivity index (χ1v) is 8.03. The van der Waals surface area contributed by atoms with Gasteiger partial charge in [0.05, 0.1) is 10.8 Å². The molecule has 1 aromatic rings. The van der Waals surface area contributed by atoms with Crippen LogP contribution in [0.1, 0.15) is 12.8 Å². The third-order valence-electron chi connectivity index (χ3n) is 6.00. The normalized spacial score (nSPS) is 54.0. The van der Waals surface area contributed by atoms with Gasteiger partial charge in [-0.15, -0.1) is 0 Å². The molecule has 5 aliphatic rings. The van der Waals surface area contributed by atoms with Crippen LogP contribution < -0.4 is 0 Å². The Morgan fingerprint density at radius 3 is 2.29 bits per heavy atom. The largest absolute Gasteiger partial charge is 0.254 e. The van der Waals surface area contributed by atoms with E-state index >= 15 is 0 Å². The van der Waals surface area contributed by atoms with Crippen molar-refractivity contribution in [1.29, 1.82) is 0 Å². The molecule has 5 aliphatic carbocycles. The maximum atomic E-state index is 12.7. The molecular formula is C15H16OS. The Labute approximate surface area is 104 Å². The van der Waals surface area contributed by atoms with E-state index in [1.807, 2.05) is 30.3 Å². The molecule has 0 saturated heterocycles. The van der Waals surface area contributed by atoms with Gasteiger partial charge in [0.25, 0.3) is 0 Å². The second-order valence-corrected chi connectivity index (χ2v) is 8.02. The fourth-order valence-corrected chi connectivity index (χ4v) is 7.47. The zero-order valence-corrected chi connectivity index (χ0v) is 10.5. The summed E-state index contributed by atoms with van der Waals surface area (Å²) in [5.41, 5.74) is 0. The van der Waals surface area contributed by atoms with E-state index < -0.39 is 10.8 Å². The minimum absolute atomic E-state index is 0.487. The average Bonchev–Trinajstić information content (AvgIpc) is 2.77. The molecular weight excluding hydrogens is 228 g/mol. The van der Waals surface area contributed by atoms with Crippen molar-refractivity contribution in [3.8, 4) is 0 Å². The average molecular weight is 244 g/mol. The van der Waals surface area contributed by atoms with Gasteiger partial charge in [0.15, 0.2) is 0 Å². The molecule has 17 heavy (non-hydrogen) atoms. The van der Waals surface area contributed by atoms with Crippen LogP contribution in [0.2, 0.25) is 0 Å². The Morgan fingerprint density at radius 1 is 0.882 bits per heavy atom. The van der Waals surface area contributed by atoms with E-state index in [4.69, 9.17) is 0 Å². The molecule has 2 heteroatoms. The lowest BCUT2D eigenvalue weighted by Gasteiger charge is -2.20. The predicted molar refractivity (Wildman–Crippen MR) is 66.8 cm³/mol. The van der Waals surface area contributed by atoms with Crippen LogP contribution in [0.5, 0.6) is 0 Å². The van der Waals surface area contributed by atoms with Gasteiger partial charge in [-0.05, 0) is 60.5 Å². The van der Waals surface area contributed by atoms with Gasteiger partial charge in [-0.2, -0.15) is 0 Å². The molecule has 6 bridgehead atoms. The van der Waals surface area contributed by atoms with Crippen LogP contribution in [0.4, 0.5) is 0 Å². The van der Waals surface area contributed by atoms with Crippen LogP contribution in [-0.4, -0.2) is 9.46 Å². The third-order valence-corrected chi connectivity index (χ3v) is 7.80. The van der Waals surface area contributed by atoms with Crippen molar-refractivity contribution < 1.29 is 4.21 Å². The Bertz CT molecular complexity index is 511. The van der Waals surface area contributed by atoms with Crippen LogP contribution in [0, 0.1) is 35.5 Å². The monoisotopic (exact) mass is 244 g/mol. The molecule has 7 unspecified atom stereocenters. The predicted octanol–water partition coefficient (Wildman–Crippen LogP) is 2.69. The molecule has 0 aromatic heterocycles. The van der Waals surface area contributed by atoms with Gasteiger partial charge in [-0.3, -0.25) is 4.21 Å². The van der Waals surface area contributed by atoms with Gasteiger partial charge < -0.3 is 0 Å². The summed E-state index contributed by atoms with van der Waals surface area (Å²) in [6.07, 6.45) is 2.74. The molecule has 0 spiro atoms. The summed E-state index contributed by atoms with van der Waals surface area (Å²) < 4.78 is 12.7. The van der Waals surface area contributed by atoms with Crippen molar-refractivity contribution in [2.24, 2.45) is 35.5 Å². The van der Waals surface area contributed by atoms with Gasteiger partial charge in [0, 0.05) is 10.1 Å². The zero-order valence-electron chi connectivity index (χ0n) is 9.66. The molecule has 5 saturated carbocycles. The lowest BCUT2D eigenvalue weighted by Crippen LogP contribution is -2.24. The van der Waals surface area contributed by atoms with E-state index in [-0.39, 0.29) is 0 Å². The van der Waals surface area contributed by atoms with E-state index in [0.717, 1.165) is 40.4 Å². The smallest absolute Gasteiger partial charge is 0.0563 e. The highest BCUT2D eigenvalue weighted by Crippen LogP contribution is 2.81. The second kappa shape index (κ2) is 2.85. The number of hydrogen-bond donors (Lipinski definition) is 0. The number of rotatable bonds is 2. The van der Waals surface area contributed by atoms with Crippen molar-refractivity contribution >= 4 is 10.8 Å². The molecule has 0 amide bonds. The Kier molecular flexibility index (Phi) is 1.56. The number of benzene rings is 1. The Morgan fingerprint density at radius 2 is 1.65 bits per heavy atom. The quantitative estimate of drug-likeness (QED) is 0.781. The van der Waals surface area contributed by atoms with E-state index in [1.165, 1.54) is 12.8 Å². The first-order valence-electron chi connectivity index (χ1n) is 6.82. The van der Waals surface area contributed by atoms with E-state index in [2.05, 4.69) is 0 Å². The summed E-state index contributed by atoms with van der Waals surface area (Å²) in [6.45, 7) is 0. The molecule has 0 aliphatic heterocycles. The van der Waals surface area contributed by atoms with Gasteiger partial charge in [-0.25, -0.2) is 0 Å².